The minimum atomic E-state index is -4.95. The van der Waals surface area contributed by atoms with Crippen molar-refractivity contribution in [3.05, 3.63) is 64.4 Å². The fraction of sp³-hybridized carbons (Fsp3) is 0.0714. The number of hydrogen-bond donors (Lipinski definition) is 0. The maximum absolute atomic E-state index is 13.7. The molecule has 110 valence electrons. The SMILES string of the molecule is O=C(c1ccc(Cl)cc1F)c1ccccc1OC(F)(F)F. The predicted octanol–water partition coefficient (Wildman–Crippen LogP) is 4.61. The van der Waals surface area contributed by atoms with E-state index < -0.39 is 34.8 Å². The van der Waals surface area contributed by atoms with Crippen LogP contribution in [0.5, 0.6) is 5.75 Å². The molecule has 0 heterocycles. The fourth-order valence-electron chi connectivity index (χ4n) is 1.69. The van der Waals surface area contributed by atoms with Gasteiger partial charge in [0.1, 0.15) is 11.6 Å². The Hall–Kier alpha value is -2.08. The number of carbonyl (C=O) groups excluding carboxylic acids is 1. The van der Waals surface area contributed by atoms with E-state index in [1.165, 1.54) is 18.2 Å². The number of halogens is 5. The van der Waals surface area contributed by atoms with Gasteiger partial charge in [0, 0.05) is 5.02 Å². The van der Waals surface area contributed by atoms with E-state index in [0.29, 0.717) is 0 Å². The number of carbonyl (C=O) groups is 1. The molecule has 0 unspecified atom stereocenters. The Labute approximate surface area is 121 Å². The molecule has 0 aliphatic rings. The van der Waals surface area contributed by atoms with Gasteiger partial charge in [-0.05, 0) is 30.3 Å². The third-order valence-corrected chi connectivity index (χ3v) is 2.77. The number of alkyl halides is 3. The number of hydrogen-bond acceptors (Lipinski definition) is 2. The molecule has 2 aromatic rings. The van der Waals surface area contributed by atoms with Gasteiger partial charge in [-0.1, -0.05) is 23.7 Å². The fourth-order valence-corrected chi connectivity index (χ4v) is 1.85. The first-order valence-electron chi connectivity index (χ1n) is 5.62. The van der Waals surface area contributed by atoms with Gasteiger partial charge in [-0.3, -0.25) is 4.79 Å². The Kier molecular flexibility index (Phi) is 4.18. The molecule has 0 amide bonds. The number of para-hydroxylation sites is 1. The van der Waals surface area contributed by atoms with Crippen molar-refractivity contribution in [2.75, 3.05) is 0 Å². The van der Waals surface area contributed by atoms with Crippen molar-refractivity contribution >= 4 is 17.4 Å². The molecule has 0 spiro atoms. The Bertz CT molecular complexity index is 683. The van der Waals surface area contributed by atoms with Crippen molar-refractivity contribution in [1.29, 1.82) is 0 Å². The second-order valence-corrected chi connectivity index (χ2v) is 4.43. The average molecular weight is 319 g/mol. The summed E-state index contributed by atoms with van der Waals surface area (Å²) in [6, 6.07) is 8.00. The van der Waals surface area contributed by atoms with Gasteiger partial charge in [-0.25, -0.2) is 4.39 Å². The molecular weight excluding hydrogens is 312 g/mol. The van der Waals surface area contributed by atoms with Crippen LogP contribution in [0.25, 0.3) is 0 Å². The van der Waals surface area contributed by atoms with Crippen molar-refractivity contribution in [3.63, 3.8) is 0 Å². The number of ketones is 1. The van der Waals surface area contributed by atoms with E-state index in [9.17, 15) is 22.4 Å². The van der Waals surface area contributed by atoms with Crippen LogP contribution in [0.4, 0.5) is 17.6 Å². The van der Waals surface area contributed by atoms with Crippen molar-refractivity contribution in [2.24, 2.45) is 0 Å². The molecule has 0 radical (unpaired) electrons. The first kappa shape index (κ1) is 15.3. The highest BCUT2D eigenvalue weighted by Crippen LogP contribution is 2.28. The second-order valence-electron chi connectivity index (χ2n) is 4.00. The Balaban J connectivity index is 2.44. The first-order chi connectivity index (χ1) is 9.78. The van der Waals surface area contributed by atoms with Crippen molar-refractivity contribution in [2.45, 2.75) is 6.36 Å². The number of ether oxygens (including phenoxy) is 1. The molecule has 21 heavy (non-hydrogen) atoms. The number of rotatable bonds is 3. The lowest BCUT2D eigenvalue weighted by Crippen LogP contribution is -2.19. The zero-order chi connectivity index (χ0) is 15.6. The van der Waals surface area contributed by atoms with E-state index in [2.05, 4.69) is 4.74 Å². The molecule has 0 saturated carbocycles. The molecule has 0 N–H and O–H groups in total. The maximum atomic E-state index is 13.7. The number of benzene rings is 2. The molecule has 0 atom stereocenters. The lowest BCUT2D eigenvalue weighted by Gasteiger charge is -2.12. The molecule has 0 aromatic heterocycles. The summed E-state index contributed by atoms with van der Waals surface area (Å²) < 4.78 is 54.3. The van der Waals surface area contributed by atoms with Crippen LogP contribution in [0, 0.1) is 5.82 Å². The normalized spacial score (nSPS) is 11.3. The summed E-state index contributed by atoms with van der Waals surface area (Å²) in [4.78, 5) is 12.2. The third kappa shape index (κ3) is 3.72. The lowest BCUT2D eigenvalue weighted by molar-refractivity contribution is -0.274. The standard InChI is InChI=1S/C14H7ClF4O2/c15-8-5-6-9(11(16)7-8)13(20)10-3-1-2-4-12(10)21-14(17,18)19/h1-7H. The molecule has 2 aromatic carbocycles. The van der Waals surface area contributed by atoms with E-state index >= 15 is 0 Å². The highest BCUT2D eigenvalue weighted by Gasteiger charge is 2.33. The molecule has 0 saturated heterocycles. The van der Waals surface area contributed by atoms with Crippen molar-refractivity contribution in [3.8, 4) is 5.75 Å². The minimum absolute atomic E-state index is 0.0730. The smallest absolute Gasteiger partial charge is 0.405 e. The molecule has 2 nitrogen and oxygen atoms in total. The highest BCUT2D eigenvalue weighted by atomic mass is 35.5. The van der Waals surface area contributed by atoms with Gasteiger partial charge in [-0.15, -0.1) is 13.2 Å². The van der Waals surface area contributed by atoms with Crippen LogP contribution in [-0.2, 0) is 0 Å². The summed E-state index contributed by atoms with van der Waals surface area (Å²) in [5.41, 5.74) is -0.784. The molecule has 0 aliphatic heterocycles. The van der Waals surface area contributed by atoms with Crippen LogP contribution in [0.2, 0.25) is 5.02 Å². The van der Waals surface area contributed by atoms with Crippen molar-refractivity contribution in [1.82, 2.24) is 0 Å². The van der Waals surface area contributed by atoms with Crippen LogP contribution in [0.15, 0.2) is 42.5 Å². The van der Waals surface area contributed by atoms with Crippen LogP contribution in [0.3, 0.4) is 0 Å². The summed E-state index contributed by atoms with van der Waals surface area (Å²) in [7, 11) is 0. The van der Waals surface area contributed by atoms with E-state index in [-0.39, 0.29) is 5.02 Å². The quantitative estimate of drug-likeness (QED) is 0.610. The van der Waals surface area contributed by atoms with Gasteiger partial charge in [0.25, 0.3) is 0 Å². The van der Waals surface area contributed by atoms with Crippen LogP contribution in [0.1, 0.15) is 15.9 Å². The van der Waals surface area contributed by atoms with Crippen LogP contribution < -0.4 is 4.74 Å². The predicted molar refractivity (Wildman–Crippen MR) is 68.0 cm³/mol. The summed E-state index contributed by atoms with van der Waals surface area (Å²) >= 11 is 5.56. The molecule has 2 rings (SSSR count). The molecule has 0 bridgehead atoms. The maximum Gasteiger partial charge on any atom is 0.573 e. The van der Waals surface area contributed by atoms with E-state index in [1.54, 1.807) is 0 Å². The van der Waals surface area contributed by atoms with Gasteiger partial charge in [0.05, 0.1) is 11.1 Å². The second kappa shape index (κ2) is 5.73. The summed E-state index contributed by atoms with van der Waals surface area (Å²) in [6.07, 6.45) is -4.95. The third-order valence-electron chi connectivity index (χ3n) is 2.53. The Morgan fingerprint density at radius 3 is 2.33 bits per heavy atom. The van der Waals surface area contributed by atoms with E-state index in [0.717, 1.165) is 24.3 Å². The van der Waals surface area contributed by atoms with Gasteiger partial charge < -0.3 is 4.74 Å². The van der Waals surface area contributed by atoms with Gasteiger partial charge >= 0.3 is 6.36 Å². The summed E-state index contributed by atoms with van der Waals surface area (Å²) in [5, 5.41) is 0.0730. The molecule has 0 aliphatic carbocycles. The Morgan fingerprint density at radius 1 is 1.05 bits per heavy atom. The average Bonchev–Trinajstić information content (AvgIpc) is 2.36. The zero-order valence-electron chi connectivity index (χ0n) is 10.2. The van der Waals surface area contributed by atoms with Gasteiger partial charge in [0.15, 0.2) is 5.78 Å². The minimum Gasteiger partial charge on any atom is -0.405 e. The molecule has 7 heteroatoms. The van der Waals surface area contributed by atoms with Gasteiger partial charge in [-0.2, -0.15) is 0 Å². The summed E-state index contributed by atoms with van der Waals surface area (Å²) in [6.45, 7) is 0. The highest BCUT2D eigenvalue weighted by molar-refractivity contribution is 6.30. The zero-order valence-corrected chi connectivity index (χ0v) is 11.0. The van der Waals surface area contributed by atoms with Crippen LogP contribution >= 0.6 is 11.6 Å². The largest absolute Gasteiger partial charge is 0.573 e. The van der Waals surface area contributed by atoms with Gasteiger partial charge in [0.2, 0.25) is 0 Å². The topological polar surface area (TPSA) is 26.3 Å². The van der Waals surface area contributed by atoms with E-state index in [4.69, 9.17) is 11.6 Å². The lowest BCUT2D eigenvalue weighted by atomic mass is 10.0. The molecule has 0 fully saturated rings. The first-order valence-corrected chi connectivity index (χ1v) is 6.00. The summed E-state index contributed by atoms with van der Waals surface area (Å²) in [5.74, 6) is -2.54. The van der Waals surface area contributed by atoms with Crippen LogP contribution in [-0.4, -0.2) is 12.1 Å². The van der Waals surface area contributed by atoms with Crippen molar-refractivity contribution < 1.29 is 27.1 Å². The molecular formula is C14H7ClF4O2. The monoisotopic (exact) mass is 318 g/mol. The van der Waals surface area contributed by atoms with E-state index in [1.807, 2.05) is 0 Å². The Morgan fingerprint density at radius 2 is 1.71 bits per heavy atom.